The third-order valence-corrected chi connectivity index (χ3v) is 8.17. The van der Waals surface area contributed by atoms with E-state index in [2.05, 4.69) is 15.2 Å². The lowest BCUT2D eigenvalue weighted by Crippen LogP contribution is -2.45. The molecular weight excluding hydrogens is 568 g/mol. The van der Waals surface area contributed by atoms with Crippen LogP contribution in [0.3, 0.4) is 0 Å². The zero-order valence-corrected chi connectivity index (χ0v) is 24.7. The Morgan fingerprint density at radius 1 is 0.978 bits per heavy atom. The van der Waals surface area contributed by atoms with Gasteiger partial charge < -0.3 is 24.7 Å². The molecule has 0 aliphatic heterocycles. The number of carbonyl (C=O) groups excluding carboxylic acids is 2. The highest BCUT2D eigenvalue weighted by atomic mass is 16.4. The minimum absolute atomic E-state index is 0.293. The van der Waals surface area contributed by atoms with E-state index in [0.717, 1.165) is 41.4 Å². The van der Waals surface area contributed by atoms with Gasteiger partial charge in [0.15, 0.2) is 0 Å². The van der Waals surface area contributed by atoms with Crippen molar-refractivity contribution in [1.82, 2.24) is 14.9 Å². The number of benzene rings is 3. The fraction of sp³-hybridized carbons (Fsp3) is 0.222. The highest BCUT2D eigenvalue weighted by Crippen LogP contribution is 2.36. The predicted molar refractivity (Wildman–Crippen MR) is 173 cm³/mol. The van der Waals surface area contributed by atoms with Crippen molar-refractivity contribution in [1.29, 1.82) is 0 Å². The van der Waals surface area contributed by atoms with E-state index in [9.17, 15) is 14.4 Å². The van der Waals surface area contributed by atoms with Crippen molar-refractivity contribution >= 4 is 40.6 Å². The summed E-state index contributed by atoms with van der Waals surface area (Å²) in [5.74, 6) is -0.957. The van der Waals surface area contributed by atoms with Gasteiger partial charge in [-0.05, 0) is 66.4 Å². The van der Waals surface area contributed by atoms with Gasteiger partial charge in [-0.25, -0.2) is 9.78 Å². The van der Waals surface area contributed by atoms with Crippen LogP contribution in [0.2, 0.25) is 0 Å². The van der Waals surface area contributed by atoms with Gasteiger partial charge in [-0.15, -0.1) is 0 Å². The summed E-state index contributed by atoms with van der Waals surface area (Å²) in [5, 5.41) is 14.7. The van der Waals surface area contributed by atoms with Crippen molar-refractivity contribution in [3.63, 3.8) is 0 Å². The number of furan rings is 1. The Hall–Kier alpha value is -5.44. The second-order valence-electron chi connectivity index (χ2n) is 11.3. The minimum atomic E-state index is -1.04. The number of aliphatic carboxylic acids is 1. The number of imidazole rings is 1. The van der Waals surface area contributed by atoms with Gasteiger partial charge in [0.05, 0.1) is 22.9 Å². The van der Waals surface area contributed by atoms with E-state index < -0.39 is 12.0 Å². The number of amides is 2. The van der Waals surface area contributed by atoms with Gasteiger partial charge in [0.1, 0.15) is 18.1 Å². The van der Waals surface area contributed by atoms with Crippen LogP contribution in [0.5, 0.6) is 0 Å². The summed E-state index contributed by atoms with van der Waals surface area (Å²) >= 11 is 0. The lowest BCUT2D eigenvalue weighted by Gasteiger charge is -2.25. The Balaban J connectivity index is 1.25. The largest absolute Gasteiger partial charge is 0.478 e. The molecule has 3 N–H and O–H groups in total. The lowest BCUT2D eigenvalue weighted by atomic mass is 9.95. The molecule has 2 aromatic heterocycles. The number of nitrogens with one attached hydrogen (secondary N) is 2. The molecule has 1 unspecified atom stereocenters. The minimum Gasteiger partial charge on any atom is -0.478 e. The second-order valence-corrected chi connectivity index (χ2v) is 11.3. The van der Waals surface area contributed by atoms with Crippen LogP contribution in [-0.2, 0) is 16.0 Å². The van der Waals surface area contributed by atoms with Crippen molar-refractivity contribution in [3.8, 4) is 11.4 Å². The van der Waals surface area contributed by atoms with Crippen LogP contribution >= 0.6 is 0 Å². The molecule has 1 saturated carbocycles. The summed E-state index contributed by atoms with van der Waals surface area (Å²) in [4.78, 5) is 42.9. The van der Waals surface area contributed by atoms with Crippen molar-refractivity contribution in [2.75, 3.05) is 5.32 Å². The Bertz CT molecular complexity index is 1820. The van der Waals surface area contributed by atoms with Crippen LogP contribution in [-0.4, -0.2) is 38.5 Å². The summed E-state index contributed by atoms with van der Waals surface area (Å²) in [6.07, 6.45) is 11.9. The number of carboxylic acids is 1. The number of hydrogen-bond donors (Lipinski definition) is 3. The van der Waals surface area contributed by atoms with Gasteiger partial charge in [0, 0.05) is 29.8 Å². The number of nitrogens with zero attached hydrogens (tertiary/aromatic N) is 2. The van der Waals surface area contributed by atoms with Crippen molar-refractivity contribution in [3.05, 3.63) is 114 Å². The number of fused-ring (bicyclic) bond motifs is 1. The second kappa shape index (κ2) is 13.5. The quantitative estimate of drug-likeness (QED) is 0.150. The number of aromatic nitrogens is 2. The van der Waals surface area contributed by atoms with Crippen LogP contribution in [0.25, 0.3) is 28.5 Å². The van der Waals surface area contributed by atoms with Crippen LogP contribution < -0.4 is 10.6 Å². The normalized spacial score (nSPS) is 14.4. The molecule has 2 amide bonds. The van der Waals surface area contributed by atoms with Crippen LogP contribution in [0.4, 0.5) is 5.69 Å². The number of carbonyl (C=O) groups is 3. The van der Waals surface area contributed by atoms with E-state index in [0.29, 0.717) is 34.8 Å². The van der Waals surface area contributed by atoms with Gasteiger partial charge in [-0.2, -0.15) is 0 Å². The standard InChI is InChI=1S/C36H34N4O5/c41-33(42)18-13-24-11-15-28(16-12-24)37-36(44)31(21-25-7-3-1-4-8-25)39-35(43)26-14-17-32-30(22-26)38-34(27-19-20-45-23-27)40(32)29-9-5-2-6-10-29/h1,3-4,7-8,11-20,22-23,29,31H,2,5-6,9-10,21H2,(H,37,44)(H,39,43)(H,41,42)/b18-13+. The third-order valence-electron chi connectivity index (χ3n) is 8.17. The molecule has 3 aromatic carbocycles. The molecule has 0 bridgehead atoms. The zero-order valence-electron chi connectivity index (χ0n) is 24.7. The monoisotopic (exact) mass is 602 g/mol. The van der Waals surface area contributed by atoms with Crippen molar-refractivity contribution < 1.29 is 23.9 Å². The summed E-state index contributed by atoms with van der Waals surface area (Å²) in [6.45, 7) is 0. The van der Waals surface area contributed by atoms with Crippen molar-refractivity contribution in [2.24, 2.45) is 0 Å². The number of rotatable bonds is 10. The highest BCUT2D eigenvalue weighted by Gasteiger charge is 2.25. The van der Waals surface area contributed by atoms with Gasteiger partial charge >= 0.3 is 5.97 Å². The summed E-state index contributed by atoms with van der Waals surface area (Å²) < 4.78 is 7.66. The molecular formula is C36H34N4O5. The fourth-order valence-electron chi connectivity index (χ4n) is 5.92. The molecule has 0 radical (unpaired) electrons. The maximum absolute atomic E-state index is 13.6. The predicted octanol–water partition coefficient (Wildman–Crippen LogP) is 6.88. The molecule has 1 fully saturated rings. The topological polar surface area (TPSA) is 126 Å². The van der Waals surface area contributed by atoms with E-state index >= 15 is 0 Å². The average Bonchev–Trinajstić information content (AvgIpc) is 3.73. The zero-order chi connectivity index (χ0) is 31.2. The number of anilines is 1. The van der Waals surface area contributed by atoms with Crippen LogP contribution in [0.1, 0.15) is 59.6 Å². The molecule has 0 saturated heterocycles. The summed E-state index contributed by atoms with van der Waals surface area (Å²) in [5.41, 5.74) is 5.10. The van der Waals surface area contributed by atoms with E-state index in [1.54, 1.807) is 48.9 Å². The molecule has 1 aliphatic rings. The van der Waals surface area contributed by atoms with E-state index in [-0.39, 0.29) is 11.8 Å². The molecule has 9 nitrogen and oxygen atoms in total. The highest BCUT2D eigenvalue weighted by molar-refractivity contribution is 6.03. The maximum Gasteiger partial charge on any atom is 0.328 e. The van der Waals surface area contributed by atoms with E-state index in [4.69, 9.17) is 14.5 Å². The first-order valence-corrected chi connectivity index (χ1v) is 15.2. The van der Waals surface area contributed by atoms with E-state index in [1.165, 1.54) is 25.3 Å². The van der Waals surface area contributed by atoms with Crippen LogP contribution in [0, 0.1) is 0 Å². The lowest BCUT2D eigenvalue weighted by molar-refractivity contribution is -0.131. The molecule has 228 valence electrons. The maximum atomic E-state index is 13.6. The molecule has 2 heterocycles. The average molecular weight is 603 g/mol. The van der Waals surface area contributed by atoms with Gasteiger partial charge in [-0.3, -0.25) is 9.59 Å². The number of carboxylic acid groups (broad SMARTS) is 1. The molecule has 1 atom stereocenters. The fourth-order valence-corrected chi connectivity index (χ4v) is 5.92. The first-order chi connectivity index (χ1) is 21.9. The summed E-state index contributed by atoms with van der Waals surface area (Å²) in [6, 6.07) is 23.2. The summed E-state index contributed by atoms with van der Waals surface area (Å²) in [7, 11) is 0. The first-order valence-electron chi connectivity index (χ1n) is 15.2. The number of hydrogen-bond acceptors (Lipinski definition) is 5. The van der Waals surface area contributed by atoms with E-state index in [1.807, 2.05) is 42.5 Å². The Labute approximate surface area is 260 Å². The van der Waals surface area contributed by atoms with Crippen molar-refractivity contribution in [2.45, 2.75) is 50.6 Å². The Kier molecular flexibility index (Phi) is 8.86. The Morgan fingerprint density at radius 3 is 2.47 bits per heavy atom. The van der Waals surface area contributed by atoms with Crippen LogP contribution in [0.15, 0.2) is 102 Å². The third kappa shape index (κ3) is 7.04. The molecule has 6 rings (SSSR count). The first kappa shape index (κ1) is 29.6. The Morgan fingerprint density at radius 2 is 1.76 bits per heavy atom. The van der Waals surface area contributed by atoms with Gasteiger partial charge in [0.2, 0.25) is 5.91 Å². The molecule has 5 aromatic rings. The van der Waals surface area contributed by atoms with Gasteiger partial charge in [-0.1, -0.05) is 61.7 Å². The molecule has 9 heteroatoms. The molecule has 0 spiro atoms. The smallest absolute Gasteiger partial charge is 0.328 e. The SMILES string of the molecule is O=C(O)/C=C/c1ccc(NC(=O)C(Cc2ccccc2)NC(=O)c2ccc3c(c2)nc(-c2ccoc2)n3C2CCCCC2)cc1. The molecule has 45 heavy (non-hydrogen) atoms. The molecule has 1 aliphatic carbocycles. The van der Waals surface area contributed by atoms with Gasteiger partial charge in [0.25, 0.3) is 5.91 Å².